The van der Waals surface area contributed by atoms with E-state index >= 15 is 0 Å². The van der Waals surface area contributed by atoms with Gasteiger partial charge in [-0.25, -0.2) is 12.8 Å². The zero-order valence-electron chi connectivity index (χ0n) is 15.0. The van der Waals surface area contributed by atoms with E-state index in [0.29, 0.717) is 13.1 Å². The Morgan fingerprint density at radius 1 is 1.22 bits per heavy atom. The fourth-order valence-corrected chi connectivity index (χ4v) is 4.40. The van der Waals surface area contributed by atoms with Gasteiger partial charge in [0.2, 0.25) is 15.9 Å². The van der Waals surface area contributed by atoms with Crippen LogP contribution in [0, 0.1) is 5.82 Å². The number of carbonyl (C=O) groups is 1. The summed E-state index contributed by atoms with van der Waals surface area (Å²) in [7, 11) is -3.76. The van der Waals surface area contributed by atoms with Gasteiger partial charge in [0.15, 0.2) is 0 Å². The maximum absolute atomic E-state index is 13.3. The fourth-order valence-electron chi connectivity index (χ4n) is 2.94. The standard InChI is InChI=1S/C18H22FN3O4S/c1-14(17-6-3-11-26-17)20-13-18(23)21-7-9-22(10-8-21)27(24,25)16-5-2-4-15(19)12-16/h2-6,11-12,14,20H,7-10,13H2,1H3/t14-/m1/s1. The van der Waals surface area contributed by atoms with E-state index in [0.717, 1.165) is 11.8 Å². The van der Waals surface area contributed by atoms with E-state index in [-0.39, 0.29) is 36.5 Å². The number of halogens is 1. The molecule has 0 unspecified atom stereocenters. The molecule has 1 fully saturated rings. The molecule has 27 heavy (non-hydrogen) atoms. The molecule has 1 amide bonds. The van der Waals surface area contributed by atoms with Gasteiger partial charge in [0.25, 0.3) is 0 Å². The van der Waals surface area contributed by atoms with E-state index in [4.69, 9.17) is 4.42 Å². The molecule has 1 atom stereocenters. The van der Waals surface area contributed by atoms with Crippen LogP contribution in [0.3, 0.4) is 0 Å². The van der Waals surface area contributed by atoms with Gasteiger partial charge in [0.05, 0.1) is 23.7 Å². The van der Waals surface area contributed by atoms with Crippen LogP contribution in [-0.2, 0) is 14.8 Å². The maximum Gasteiger partial charge on any atom is 0.243 e. The predicted octanol–water partition coefficient (Wildman–Crippen LogP) is 1.60. The Morgan fingerprint density at radius 3 is 2.59 bits per heavy atom. The normalized spacial score (nSPS) is 17.0. The van der Waals surface area contributed by atoms with Gasteiger partial charge in [0, 0.05) is 26.2 Å². The zero-order chi connectivity index (χ0) is 19.4. The Balaban J connectivity index is 1.53. The maximum atomic E-state index is 13.3. The van der Waals surface area contributed by atoms with Crippen LogP contribution in [0.5, 0.6) is 0 Å². The van der Waals surface area contributed by atoms with E-state index in [2.05, 4.69) is 5.32 Å². The van der Waals surface area contributed by atoms with Crippen LogP contribution in [0.25, 0.3) is 0 Å². The highest BCUT2D eigenvalue weighted by atomic mass is 32.2. The molecule has 1 N–H and O–H groups in total. The highest BCUT2D eigenvalue weighted by Crippen LogP contribution is 2.18. The molecule has 2 aromatic rings. The molecule has 146 valence electrons. The molecule has 9 heteroatoms. The summed E-state index contributed by atoms with van der Waals surface area (Å²) in [5.41, 5.74) is 0. The minimum atomic E-state index is -3.76. The second-order valence-electron chi connectivity index (χ2n) is 6.36. The molecule has 1 aromatic carbocycles. The average Bonchev–Trinajstić information content (AvgIpc) is 3.21. The number of furan rings is 1. The molecule has 0 radical (unpaired) electrons. The van der Waals surface area contributed by atoms with Crippen LogP contribution in [0.4, 0.5) is 4.39 Å². The number of hydrogen-bond acceptors (Lipinski definition) is 5. The molecular formula is C18H22FN3O4S. The van der Waals surface area contributed by atoms with Crippen molar-refractivity contribution in [1.29, 1.82) is 0 Å². The summed E-state index contributed by atoms with van der Waals surface area (Å²) in [6.45, 7) is 2.99. The predicted molar refractivity (Wildman–Crippen MR) is 96.9 cm³/mol. The number of amides is 1. The Bertz CT molecular complexity index is 878. The Kier molecular flexibility index (Phi) is 5.93. The lowest BCUT2D eigenvalue weighted by Crippen LogP contribution is -2.52. The quantitative estimate of drug-likeness (QED) is 0.803. The Labute approximate surface area is 157 Å². The van der Waals surface area contributed by atoms with Gasteiger partial charge in [-0.2, -0.15) is 4.31 Å². The van der Waals surface area contributed by atoms with Crippen molar-refractivity contribution in [2.75, 3.05) is 32.7 Å². The fraction of sp³-hybridized carbons (Fsp3) is 0.389. The summed E-state index contributed by atoms with van der Waals surface area (Å²) in [6, 6.07) is 8.47. The van der Waals surface area contributed by atoms with E-state index in [1.54, 1.807) is 17.2 Å². The third-order valence-electron chi connectivity index (χ3n) is 4.55. The monoisotopic (exact) mass is 395 g/mol. The van der Waals surface area contributed by atoms with E-state index in [9.17, 15) is 17.6 Å². The molecule has 0 spiro atoms. The summed E-state index contributed by atoms with van der Waals surface area (Å²) in [5.74, 6) is 0.0478. The van der Waals surface area contributed by atoms with Gasteiger partial charge in [-0.1, -0.05) is 6.07 Å². The molecule has 1 aliphatic heterocycles. The molecule has 0 saturated carbocycles. The Morgan fingerprint density at radius 2 is 1.96 bits per heavy atom. The molecule has 1 aliphatic rings. The number of benzene rings is 1. The summed E-state index contributed by atoms with van der Waals surface area (Å²) < 4.78 is 45.1. The minimum absolute atomic E-state index is 0.0729. The SMILES string of the molecule is C[C@@H](NCC(=O)N1CCN(S(=O)(=O)c2cccc(F)c2)CC1)c1ccco1. The lowest BCUT2D eigenvalue weighted by molar-refractivity contribution is -0.131. The van der Waals surface area contributed by atoms with Gasteiger partial charge in [-0.15, -0.1) is 0 Å². The topological polar surface area (TPSA) is 82.9 Å². The number of carbonyl (C=O) groups excluding carboxylic acids is 1. The van der Waals surface area contributed by atoms with Crippen molar-refractivity contribution in [2.24, 2.45) is 0 Å². The van der Waals surface area contributed by atoms with Crippen molar-refractivity contribution in [3.05, 3.63) is 54.2 Å². The third-order valence-corrected chi connectivity index (χ3v) is 6.45. The first kappa shape index (κ1) is 19.5. The molecule has 2 heterocycles. The number of hydrogen-bond donors (Lipinski definition) is 1. The lowest BCUT2D eigenvalue weighted by Gasteiger charge is -2.34. The number of sulfonamides is 1. The number of nitrogens with zero attached hydrogens (tertiary/aromatic N) is 2. The largest absolute Gasteiger partial charge is 0.468 e. The third kappa shape index (κ3) is 4.55. The summed E-state index contributed by atoms with van der Waals surface area (Å²) in [4.78, 5) is 13.9. The number of rotatable bonds is 6. The van der Waals surface area contributed by atoms with Crippen molar-refractivity contribution in [3.63, 3.8) is 0 Å². The van der Waals surface area contributed by atoms with E-state index < -0.39 is 15.8 Å². The molecule has 0 bridgehead atoms. The van der Waals surface area contributed by atoms with Gasteiger partial charge < -0.3 is 9.32 Å². The average molecular weight is 395 g/mol. The number of piperazine rings is 1. The van der Waals surface area contributed by atoms with Gasteiger partial charge >= 0.3 is 0 Å². The molecule has 3 rings (SSSR count). The smallest absolute Gasteiger partial charge is 0.243 e. The van der Waals surface area contributed by atoms with Crippen molar-refractivity contribution < 1.29 is 22.0 Å². The number of nitrogens with one attached hydrogen (secondary N) is 1. The second kappa shape index (κ2) is 8.20. The van der Waals surface area contributed by atoms with Gasteiger partial charge in [-0.05, 0) is 37.3 Å². The first-order chi connectivity index (χ1) is 12.9. The highest BCUT2D eigenvalue weighted by molar-refractivity contribution is 7.89. The van der Waals surface area contributed by atoms with Crippen LogP contribution in [-0.4, -0.2) is 56.3 Å². The van der Waals surface area contributed by atoms with Crippen LogP contribution in [0.1, 0.15) is 18.7 Å². The van der Waals surface area contributed by atoms with Crippen LogP contribution >= 0.6 is 0 Å². The molecule has 1 saturated heterocycles. The van der Waals surface area contributed by atoms with Crippen molar-refractivity contribution in [3.8, 4) is 0 Å². The first-order valence-corrected chi connectivity index (χ1v) is 10.1. The molecule has 0 aliphatic carbocycles. The van der Waals surface area contributed by atoms with Crippen molar-refractivity contribution in [1.82, 2.24) is 14.5 Å². The van der Waals surface area contributed by atoms with Gasteiger partial charge in [-0.3, -0.25) is 10.1 Å². The van der Waals surface area contributed by atoms with Crippen LogP contribution < -0.4 is 5.32 Å². The van der Waals surface area contributed by atoms with Gasteiger partial charge in [0.1, 0.15) is 11.6 Å². The summed E-state index contributed by atoms with van der Waals surface area (Å²) in [6.07, 6.45) is 1.58. The van der Waals surface area contributed by atoms with E-state index in [1.807, 2.05) is 13.0 Å². The van der Waals surface area contributed by atoms with Crippen LogP contribution in [0.2, 0.25) is 0 Å². The first-order valence-electron chi connectivity index (χ1n) is 8.68. The summed E-state index contributed by atoms with van der Waals surface area (Å²) >= 11 is 0. The van der Waals surface area contributed by atoms with Crippen LogP contribution in [0.15, 0.2) is 52.0 Å². The Hall–Kier alpha value is -2.23. The highest BCUT2D eigenvalue weighted by Gasteiger charge is 2.30. The molecule has 7 nitrogen and oxygen atoms in total. The van der Waals surface area contributed by atoms with Crippen molar-refractivity contribution in [2.45, 2.75) is 17.9 Å². The lowest BCUT2D eigenvalue weighted by atomic mass is 10.2. The summed E-state index contributed by atoms with van der Waals surface area (Å²) in [5, 5.41) is 3.10. The molecule has 1 aromatic heterocycles. The minimum Gasteiger partial charge on any atom is -0.468 e. The van der Waals surface area contributed by atoms with Crippen molar-refractivity contribution >= 4 is 15.9 Å². The zero-order valence-corrected chi connectivity index (χ0v) is 15.8. The van der Waals surface area contributed by atoms with E-state index in [1.165, 1.54) is 22.5 Å². The molecular weight excluding hydrogens is 373 g/mol. The second-order valence-corrected chi connectivity index (χ2v) is 8.30.